The van der Waals surface area contributed by atoms with Crippen molar-refractivity contribution in [3.63, 3.8) is 0 Å². The molecule has 1 aliphatic carbocycles. The fraction of sp³-hybridized carbons (Fsp3) is 1.00. The molecule has 2 fully saturated rings. The van der Waals surface area contributed by atoms with Gasteiger partial charge in [-0.05, 0) is 29.1 Å². The Bertz CT molecular complexity index is 329. The van der Waals surface area contributed by atoms with Crippen molar-refractivity contribution in [2.24, 2.45) is 22.7 Å². The molecule has 1 saturated heterocycles. The molecule has 1 heterocycles. The number of piperazine rings is 1. The average Bonchev–Trinajstić information content (AvgIpc) is 2.67. The van der Waals surface area contributed by atoms with Crippen molar-refractivity contribution in [1.82, 2.24) is 10.2 Å². The first-order valence-electron chi connectivity index (χ1n) is 8.58. The Morgan fingerprint density at radius 2 is 1.60 bits per heavy atom. The topological polar surface area (TPSA) is 15.3 Å². The van der Waals surface area contributed by atoms with Crippen molar-refractivity contribution in [3.05, 3.63) is 0 Å². The molecule has 2 nitrogen and oxygen atoms in total. The quantitative estimate of drug-likeness (QED) is 0.843. The van der Waals surface area contributed by atoms with E-state index in [2.05, 4.69) is 65.6 Å². The van der Waals surface area contributed by atoms with Crippen LogP contribution in [0, 0.1) is 22.7 Å². The lowest BCUT2D eigenvalue weighted by Crippen LogP contribution is -2.60. The van der Waals surface area contributed by atoms with Crippen LogP contribution in [0.5, 0.6) is 0 Å². The van der Waals surface area contributed by atoms with Gasteiger partial charge in [-0.2, -0.15) is 0 Å². The average molecular weight is 280 g/mol. The summed E-state index contributed by atoms with van der Waals surface area (Å²) in [6, 6.07) is 2.13. The summed E-state index contributed by atoms with van der Waals surface area (Å²) in [7, 11) is 0. The van der Waals surface area contributed by atoms with E-state index < -0.39 is 0 Å². The van der Waals surface area contributed by atoms with E-state index in [0.29, 0.717) is 22.9 Å². The summed E-state index contributed by atoms with van der Waals surface area (Å²) in [6.07, 6.45) is 1.30. The summed E-state index contributed by atoms with van der Waals surface area (Å²) in [5.41, 5.74) is 0.916. The van der Waals surface area contributed by atoms with Gasteiger partial charge in [0.1, 0.15) is 0 Å². The van der Waals surface area contributed by atoms with Gasteiger partial charge >= 0.3 is 0 Å². The molecule has 0 spiro atoms. The fourth-order valence-corrected chi connectivity index (χ4v) is 4.49. The highest BCUT2D eigenvalue weighted by molar-refractivity contribution is 5.20. The maximum atomic E-state index is 3.81. The molecular formula is C18H36N2. The normalized spacial score (nSPS) is 33.9. The standard InChI is InChI=1S/C18H36N2/c1-12(2)9-14-11-20(15(10-19-14)13(3)4)16-17(5,6)18(16,7)8/h12-16,19H,9-11H2,1-8H3. The van der Waals surface area contributed by atoms with Gasteiger partial charge in [0.05, 0.1) is 0 Å². The van der Waals surface area contributed by atoms with Crippen LogP contribution in [0.15, 0.2) is 0 Å². The van der Waals surface area contributed by atoms with E-state index in [4.69, 9.17) is 0 Å². The van der Waals surface area contributed by atoms with E-state index in [1.165, 1.54) is 13.0 Å². The van der Waals surface area contributed by atoms with Crippen LogP contribution in [0.25, 0.3) is 0 Å². The van der Waals surface area contributed by atoms with Gasteiger partial charge in [0.15, 0.2) is 0 Å². The number of hydrogen-bond acceptors (Lipinski definition) is 2. The van der Waals surface area contributed by atoms with Crippen LogP contribution in [-0.2, 0) is 0 Å². The maximum absolute atomic E-state index is 3.81. The van der Waals surface area contributed by atoms with Crippen LogP contribution in [-0.4, -0.2) is 36.1 Å². The molecule has 2 rings (SSSR count). The van der Waals surface area contributed by atoms with Gasteiger partial charge in [0.2, 0.25) is 0 Å². The van der Waals surface area contributed by atoms with E-state index in [1.54, 1.807) is 0 Å². The third-order valence-electron chi connectivity index (χ3n) is 6.27. The highest BCUT2D eigenvalue weighted by Gasteiger charge is 2.68. The second kappa shape index (κ2) is 5.28. The van der Waals surface area contributed by atoms with Crippen LogP contribution in [0.2, 0.25) is 0 Å². The first-order chi connectivity index (χ1) is 9.09. The largest absolute Gasteiger partial charge is 0.311 e. The third kappa shape index (κ3) is 2.66. The minimum atomic E-state index is 0.458. The number of hydrogen-bond donors (Lipinski definition) is 1. The lowest BCUT2D eigenvalue weighted by atomic mass is 9.94. The Hall–Kier alpha value is -0.0800. The van der Waals surface area contributed by atoms with Crippen LogP contribution in [0.3, 0.4) is 0 Å². The smallest absolute Gasteiger partial charge is 0.0247 e. The molecule has 1 aliphatic heterocycles. The number of nitrogens with zero attached hydrogens (tertiary/aromatic N) is 1. The predicted octanol–water partition coefficient (Wildman–Crippen LogP) is 3.77. The second-order valence-corrected chi connectivity index (χ2v) is 9.09. The highest BCUT2D eigenvalue weighted by atomic mass is 15.3. The molecule has 118 valence electrons. The first-order valence-corrected chi connectivity index (χ1v) is 8.58. The molecule has 2 unspecified atom stereocenters. The molecule has 0 aromatic carbocycles. The van der Waals surface area contributed by atoms with Gasteiger partial charge < -0.3 is 5.32 Å². The van der Waals surface area contributed by atoms with Crippen molar-refractivity contribution < 1.29 is 0 Å². The van der Waals surface area contributed by atoms with Crippen molar-refractivity contribution in [1.29, 1.82) is 0 Å². The molecular weight excluding hydrogens is 244 g/mol. The van der Waals surface area contributed by atoms with Crippen molar-refractivity contribution in [2.45, 2.75) is 79.9 Å². The summed E-state index contributed by atoms with van der Waals surface area (Å²) >= 11 is 0. The van der Waals surface area contributed by atoms with Gasteiger partial charge in [0, 0.05) is 31.2 Å². The second-order valence-electron chi connectivity index (χ2n) is 9.09. The van der Waals surface area contributed by atoms with E-state index >= 15 is 0 Å². The summed E-state index contributed by atoms with van der Waals surface area (Å²) in [5.74, 6) is 1.51. The van der Waals surface area contributed by atoms with Crippen LogP contribution in [0.4, 0.5) is 0 Å². The zero-order chi connectivity index (χ0) is 15.3. The SMILES string of the molecule is CC(C)CC1CN(C2C(C)(C)C2(C)C)C(C(C)C)CN1. The minimum Gasteiger partial charge on any atom is -0.311 e. The summed E-state index contributed by atoms with van der Waals surface area (Å²) in [6.45, 7) is 21.6. The van der Waals surface area contributed by atoms with Crippen LogP contribution < -0.4 is 5.32 Å². The fourth-order valence-electron chi connectivity index (χ4n) is 4.49. The molecule has 2 atom stereocenters. The third-order valence-corrected chi connectivity index (χ3v) is 6.27. The zero-order valence-electron chi connectivity index (χ0n) is 15.0. The molecule has 0 bridgehead atoms. The molecule has 20 heavy (non-hydrogen) atoms. The van der Waals surface area contributed by atoms with E-state index in [-0.39, 0.29) is 0 Å². The van der Waals surface area contributed by atoms with Gasteiger partial charge in [-0.3, -0.25) is 4.90 Å². The molecule has 0 aromatic rings. The lowest BCUT2D eigenvalue weighted by molar-refractivity contribution is 0.0676. The maximum Gasteiger partial charge on any atom is 0.0247 e. The number of nitrogens with one attached hydrogen (secondary N) is 1. The van der Waals surface area contributed by atoms with Crippen molar-refractivity contribution in [2.75, 3.05) is 13.1 Å². The monoisotopic (exact) mass is 280 g/mol. The van der Waals surface area contributed by atoms with Crippen LogP contribution >= 0.6 is 0 Å². The molecule has 2 heteroatoms. The molecule has 0 radical (unpaired) electrons. The highest BCUT2D eigenvalue weighted by Crippen LogP contribution is 2.65. The summed E-state index contributed by atoms with van der Waals surface area (Å²) in [4.78, 5) is 2.86. The molecule has 1 saturated carbocycles. The molecule has 0 amide bonds. The van der Waals surface area contributed by atoms with Crippen LogP contribution in [0.1, 0.15) is 61.8 Å². The predicted molar refractivity (Wildman–Crippen MR) is 87.9 cm³/mol. The Kier molecular flexibility index (Phi) is 4.30. The van der Waals surface area contributed by atoms with Gasteiger partial charge in [0.25, 0.3) is 0 Å². The van der Waals surface area contributed by atoms with Crippen molar-refractivity contribution >= 4 is 0 Å². The van der Waals surface area contributed by atoms with E-state index in [0.717, 1.165) is 24.4 Å². The summed E-state index contributed by atoms with van der Waals surface area (Å²) < 4.78 is 0. The first kappa shape index (κ1) is 16.3. The lowest BCUT2D eigenvalue weighted by Gasteiger charge is -2.44. The number of rotatable bonds is 4. The minimum absolute atomic E-state index is 0.458. The molecule has 0 aromatic heterocycles. The Balaban J connectivity index is 2.13. The van der Waals surface area contributed by atoms with Gasteiger partial charge in [-0.25, -0.2) is 0 Å². The summed E-state index contributed by atoms with van der Waals surface area (Å²) in [5, 5.41) is 3.81. The van der Waals surface area contributed by atoms with E-state index in [1.807, 2.05) is 0 Å². The Morgan fingerprint density at radius 1 is 1.05 bits per heavy atom. The molecule has 1 N–H and O–H groups in total. The Labute approximate surface area is 126 Å². The van der Waals surface area contributed by atoms with E-state index in [9.17, 15) is 0 Å². The Morgan fingerprint density at radius 3 is 2.00 bits per heavy atom. The van der Waals surface area contributed by atoms with Crippen molar-refractivity contribution in [3.8, 4) is 0 Å². The van der Waals surface area contributed by atoms with Gasteiger partial charge in [-0.1, -0.05) is 55.4 Å². The zero-order valence-corrected chi connectivity index (χ0v) is 15.0. The van der Waals surface area contributed by atoms with Gasteiger partial charge in [-0.15, -0.1) is 0 Å². The molecule has 2 aliphatic rings.